The first-order valence-corrected chi connectivity index (χ1v) is 26.4. The molecule has 1 amide bonds. The van der Waals surface area contributed by atoms with Crippen LogP contribution in [0.5, 0.6) is 0 Å². The average Bonchev–Trinajstić information content (AvgIpc) is 3.25. The lowest BCUT2D eigenvalue weighted by atomic mass is 10.00. The predicted molar refractivity (Wildman–Crippen MR) is 260 cm³/mol. The van der Waals surface area contributed by atoms with Gasteiger partial charge in [-0.1, -0.05) is 237 Å². The molecule has 0 aliphatic heterocycles. The Bertz CT molecular complexity index is 950. The fourth-order valence-corrected chi connectivity index (χ4v) is 8.14. The highest BCUT2D eigenvalue weighted by atomic mass is 16.3. The first-order valence-electron chi connectivity index (χ1n) is 26.4. The van der Waals surface area contributed by atoms with E-state index in [4.69, 9.17) is 0 Å². The molecular weight excluding hydrogens is 743 g/mol. The molecular formula is C54H103NO5. The van der Waals surface area contributed by atoms with Crippen molar-refractivity contribution in [1.82, 2.24) is 5.32 Å². The standard InChI is InChI=1S/C54H103NO5/c1-3-5-7-9-11-13-14-15-16-17-18-19-20-21-22-23-24-25-26-27-28-29-30-31-32-33-34-35-36-37-38-39-40-42-44-46-48-52(58)54(60)55-50(49-56)53(59)51(57)47-45-43-41-12-10-8-6-4-2/h12,22-23,25-26,41,50-53,56-59H,3-11,13-21,24,27-40,42-49H2,1-2H3,(H,55,60)/b23-22-,26-25-,41-12+. The second-order valence-corrected chi connectivity index (χ2v) is 18.2. The summed E-state index contributed by atoms with van der Waals surface area (Å²) in [7, 11) is 0. The molecule has 0 spiro atoms. The fourth-order valence-electron chi connectivity index (χ4n) is 8.14. The van der Waals surface area contributed by atoms with E-state index in [1.54, 1.807) is 0 Å². The number of rotatable bonds is 48. The normalized spacial score (nSPS) is 14.2. The molecule has 0 radical (unpaired) electrons. The Kier molecular flexibility index (Phi) is 47.4. The van der Waals surface area contributed by atoms with Gasteiger partial charge in [0.05, 0.1) is 18.8 Å². The van der Waals surface area contributed by atoms with Crippen molar-refractivity contribution in [3.63, 3.8) is 0 Å². The number of carbonyl (C=O) groups excluding carboxylic acids is 1. The minimum Gasteiger partial charge on any atom is -0.394 e. The van der Waals surface area contributed by atoms with Gasteiger partial charge < -0.3 is 25.7 Å². The van der Waals surface area contributed by atoms with Crippen molar-refractivity contribution in [2.45, 2.75) is 295 Å². The van der Waals surface area contributed by atoms with Crippen molar-refractivity contribution < 1.29 is 25.2 Å². The number of allylic oxidation sites excluding steroid dienone is 6. The van der Waals surface area contributed by atoms with Gasteiger partial charge in [0.15, 0.2) is 0 Å². The molecule has 0 aliphatic rings. The summed E-state index contributed by atoms with van der Waals surface area (Å²) in [6, 6.07) is -0.999. The first kappa shape index (κ1) is 58.5. The number of amides is 1. The van der Waals surface area contributed by atoms with Gasteiger partial charge in [-0.3, -0.25) is 4.79 Å². The van der Waals surface area contributed by atoms with Gasteiger partial charge in [0.1, 0.15) is 12.2 Å². The van der Waals surface area contributed by atoms with E-state index < -0.39 is 36.9 Å². The molecule has 5 N–H and O–H groups in total. The van der Waals surface area contributed by atoms with Gasteiger partial charge in [0, 0.05) is 0 Å². The molecule has 6 nitrogen and oxygen atoms in total. The van der Waals surface area contributed by atoms with Crippen molar-refractivity contribution in [1.29, 1.82) is 0 Å². The number of hydrogen-bond acceptors (Lipinski definition) is 5. The summed E-state index contributed by atoms with van der Waals surface area (Å²) in [6.45, 7) is 3.99. The molecule has 4 unspecified atom stereocenters. The van der Waals surface area contributed by atoms with Crippen LogP contribution in [0.1, 0.15) is 271 Å². The van der Waals surface area contributed by atoms with Crippen LogP contribution in [0, 0.1) is 0 Å². The predicted octanol–water partition coefficient (Wildman–Crippen LogP) is 14.9. The van der Waals surface area contributed by atoms with Crippen LogP contribution in [0.15, 0.2) is 36.5 Å². The van der Waals surface area contributed by atoms with Crippen LogP contribution < -0.4 is 5.32 Å². The number of unbranched alkanes of at least 4 members (excludes halogenated alkanes) is 33. The Hall–Kier alpha value is -1.47. The van der Waals surface area contributed by atoms with Crippen LogP contribution in [-0.2, 0) is 4.79 Å². The Morgan fingerprint density at radius 1 is 0.417 bits per heavy atom. The van der Waals surface area contributed by atoms with Crippen LogP contribution in [0.25, 0.3) is 0 Å². The average molecular weight is 846 g/mol. The summed E-state index contributed by atoms with van der Waals surface area (Å²) in [4.78, 5) is 12.5. The van der Waals surface area contributed by atoms with E-state index in [0.29, 0.717) is 19.3 Å². The summed E-state index contributed by atoms with van der Waals surface area (Å²) in [5.41, 5.74) is 0. The Balaban J connectivity index is 3.51. The molecule has 60 heavy (non-hydrogen) atoms. The van der Waals surface area contributed by atoms with Crippen molar-refractivity contribution in [2.75, 3.05) is 6.61 Å². The molecule has 0 fully saturated rings. The summed E-state index contributed by atoms with van der Waals surface area (Å²) >= 11 is 0. The number of hydrogen-bond donors (Lipinski definition) is 5. The Morgan fingerprint density at radius 2 is 0.733 bits per heavy atom. The summed E-state index contributed by atoms with van der Waals surface area (Å²) < 4.78 is 0. The second kappa shape index (κ2) is 48.6. The summed E-state index contributed by atoms with van der Waals surface area (Å²) in [6.07, 6.45) is 59.7. The summed E-state index contributed by atoms with van der Waals surface area (Å²) in [5.74, 6) is -0.595. The summed E-state index contributed by atoms with van der Waals surface area (Å²) in [5, 5.41) is 43.5. The maximum atomic E-state index is 12.5. The minimum absolute atomic E-state index is 0.363. The number of carbonyl (C=O) groups is 1. The lowest BCUT2D eigenvalue weighted by molar-refractivity contribution is -0.132. The van der Waals surface area contributed by atoms with Crippen molar-refractivity contribution in [2.24, 2.45) is 0 Å². The van der Waals surface area contributed by atoms with E-state index >= 15 is 0 Å². The molecule has 0 saturated heterocycles. The zero-order valence-electron chi connectivity index (χ0n) is 40.0. The van der Waals surface area contributed by atoms with Crippen molar-refractivity contribution >= 4 is 5.91 Å². The van der Waals surface area contributed by atoms with Gasteiger partial charge in [0.2, 0.25) is 5.91 Å². The highest BCUT2D eigenvalue weighted by Gasteiger charge is 2.28. The van der Waals surface area contributed by atoms with Crippen molar-refractivity contribution in [3.8, 4) is 0 Å². The minimum atomic E-state index is -1.28. The monoisotopic (exact) mass is 846 g/mol. The molecule has 0 aromatic heterocycles. The van der Waals surface area contributed by atoms with E-state index in [0.717, 1.165) is 38.5 Å². The van der Waals surface area contributed by atoms with Gasteiger partial charge in [-0.25, -0.2) is 0 Å². The van der Waals surface area contributed by atoms with E-state index in [2.05, 4.69) is 55.6 Å². The molecule has 0 saturated carbocycles. The van der Waals surface area contributed by atoms with Crippen LogP contribution in [-0.4, -0.2) is 57.3 Å². The van der Waals surface area contributed by atoms with Gasteiger partial charge in [-0.15, -0.1) is 0 Å². The van der Waals surface area contributed by atoms with Crippen LogP contribution in [0.4, 0.5) is 0 Å². The second-order valence-electron chi connectivity index (χ2n) is 18.2. The van der Waals surface area contributed by atoms with Crippen LogP contribution >= 0.6 is 0 Å². The third kappa shape index (κ3) is 41.9. The van der Waals surface area contributed by atoms with Gasteiger partial charge in [0.25, 0.3) is 0 Å². The lowest BCUT2D eigenvalue weighted by Gasteiger charge is -2.27. The Labute approximate surface area is 373 Å². The molecule has 0 bridgehead atoms. The zero-order valence-corrected chi connectivity index (χ0v) is 40.0. The van der Waals surface area contributed by atoms with Crippen LogP contribution in [0.3, 0.4) is 0 Å². The topological polar surface area (TPSA) is 110 Å². The SMILES string of the molecule is CCCCC/C=C/CCCC(O)C(O)C(CO)NC(=O)C(O)CCCCCCCCCCCCCCCCCC/C=C\C/C=C\CCCCCCCCCCCCCCC. The van der Waals surface area contributed by atoms with E-state index in [1.807, 2.05) is 0 Å². The number of aliphatic hydroxyl groups excluding tert-OH is 4. The van der Waals surface area contributed by atoms with Gasteiger partial charge >= 0.3 is 0 Å². The van der Waals surface area contributed by atoms with Gasteiger partial charge in [-0.2, -0.15) is 0 Å². The maximum absolute atomic E-state index is 12.5. The smallest absolute Gasteiger partial charge is 0.249 e. The molecule has 4 atom stereocenters. The van der Waals surface area contributed by atoms with Crippen LogP contribution in [0.2, 0.25) is 0 Å². The third-order valence-electron chi connectivity index (χ3n) is 12.3. The van der Waals surface area contributed by atoms with E-state index in [-0.39, 0.29) is 0 Å². The Morgan fingerprint density at radius 3 is 1.13 bits per heavy atom. The molecule has 6 heteroatoms. The highest BCUT2D eigenvalue weighted by Crippen LogP contribution is 2.17. The fraction of sp³-hybridized carbons (Fsp3) is 0.870. The van der Waals surface area contributed by atoms with Gasteiger partial charge in [-0.05, 0) is 70.6 Å². The maximum Gasteiger partial charge on any atom is 0.249 e. The molecule has 0 heterocycles. The van der Waals surface area contributed by atoms with Crippen molar-refractivity contribution in [3.05, 3.63) is 36.5 Å². The molecule has 354 valence electrons. The molecule has 0 aliphatic carbocycles. The molecule has 0 aromatic rings. The number of aliphatic hydroxyl groups is 4. The third-order valence-corrected chi connectivity index (χ3v) is 12.3. The highest BCUT2D eigenvalue weighted by molar-refractivity contribution is 5.80. The molecule has 0 aromatic carbocycles. The molecule has 0 rings (SSSR count). The zero-order chi connectivity index (χ0) is 43.8. The van der Waals surface area contributed by atoms with E-state index in [1.165, 1.54) is 199 Å². The largest absolute Gasteiger partial charge is 0.394 e. The number of nitrogens with one attached hydrogen (secondary N) is 1. The first-order chi connectivity index (χ1) is 29.5. The lowest BCUT2D eigenvalue weighted by Crippen LogP contribution is -2.53. The quantitative estimate of drug-likeness (QED) is 0.0309. The van der Waals surface area contributed by atoms with E-state index in [9.17, 15) is 25.2 Å².